The van der Waals surface area contributed by atoms with E-state index < -0.39 is 0 Å². The van der Waals surface area contributed by atoms with Crippen LogP contribution in [-0.2, 0) is 0 Å². The fraction of sp³-hybridized carbons (Fsp3) is 0.667. The first-order chi connectivity index (χ1) is 8.12. The Kier molecular flexibility index (Phi) is 6.66. The highest BCUT2D eigenvalue weighted by molar-refractivity contribution is 9.10. The van der Waals surface area contributed by atoms with Gasteiger partial charge in [0.2, 0.25) is 0 Å². The van der Waals surface area contributed by atoms with E-state index in [1.54, 1.807) is 11.3 Å². The lowest BCUT2D eigenvalue weighted by molar-refractivity contribution is 0.256. The van der Waals surface area contributed by atoms with Crippen molar-refractivity contribution >= 4 is 27.3 Å². The van der Waals surface area contributed by atoms with Gasteiger partial charge >= 0.3 is 0 Å². The normalized spacial score (nSPS) is 14.9. The number of rotatable bonds is 7. The molecule has 0 radical (unpaired) electrons. The summed E-state index contributed by atoms with van der Waals surface area (Å²) in [5.41, 5.74) is 5.83. The molecule has 0 aromatic carbocycles. The molecular weight excluding hydrogens is 300 g/mol. The second-order valence-corrected chi connectivity index (χ2v) is 6.27. The molecule has 1 rings (SSSR count). The minimum absolute atomic E-state index is 0.182. The molecule has 0 saturated carbocycles. The van der Waals surface area contributed by atoms with Crippen LogP contribution in [0.25, 0.3) is 0 Å². The van der Waals surface area contributed by atoms with E-state index in [1.807, 2.05) is 0 Å². The third-order valence-electron chi connectivity index (χ3n) is 2.86. The Morgan fingerprint density at radius 2 is 2.29 bits per heavy atom. The van der Waals surface area contributed by atoms with Crippen LogP contribution in [-0.4, -0.2) is 24.3 Å². The number of hydrogen-bond donors (Lipinski definition) is 3. The Labute approximate surface area is 116 Å². The topological polar surface area (TPSA) is 58.3 Å². The smallest absolute Gasteiger partial charge is 0.0541 e. The number of halogens is 1. The molecule has 4 N–H and O–H groups in total. The van der Waals surface area contributed by atoms with E-state index in [2.05, 4.69) is 41.2 Å². The lowest BCUT2D eigenvalue weighted by atomic mass is 10.1. The van der Waals surface area contributed by atoms with E-state index in [0.717, 1.165) is 17.3 Å². The summed E-state index contributed by atoms with van der Waals surface area (Å²) in [5, 5.41) is 12.5. The number of aliphatic hydroxyl groups excluding tert-OH is 1. The van der Waals surface area contributed by atoms with Crippen molar-refractivity contribution in [3.05, 3.63) is 20.3 Å². The molecule has 0 aliphatic heterocycles. The summed E-state index contributed by atoms with van der Waals surface area (Å²) in [5.74, 6) is 0. The van der Waals surface area contributed by atoms with Crippen molar-refractivity contribution in [2.45, 2.75) is 38.8 Å². The average Bonchev–Trinajstić information content (AvgIpc) is 2.64. The predicted octanol–water partition coefficient (Wildman–Crippen LogP) is 2.57. The minimum Gasteiger partial charge on any atom is -0.396 e. The Bertz CT molecular complexity index is 324. The Balaban J connectivity index is 2.70. The first kappa shape index (κ1) is 15.1. The quantitative estimate of drug-likeness (QED) is 0.723. The molecule has 3 nitrogen and oxygen atoms in total. The lowest BCUT2D eigenvalue weighted by Gasteiger charge is -2.22. The molecule has 0 fully saturated rings. The average molecular weight is 321 g/mol. The zero-order valence-electron chi connectivity index (χ0n) is 10.4. The van der Waals surface area contributed by atoms with Gasteiger partial charge in [0.25, 0.3) is 0 Å². The molecule has 0 amide bonds. The maximum atomic E-state index is 9.00. The number of thiophene rings is 1. The largest absolute Gasteiger partial charge is 0.396 e. The second-order valence-electron chi connectivity index (χ2n) is 4.13. The summed E-state index contributed by atoms with van der Waals surface area (Å²) >= 11 is 5.30. The zero-order chi connectivity index (χ0) is 12.8. The van der Waals surface area contributed by atoms with Crippen molar-refractivity contribution in [1.29, 1.82) is 0 Å². The van der Waals surface area contributed by atoms with Crippen LogP contribution in [0.5, 0.6) is 0 Å². The summed E-state index contributed by atoms with van der Waals surface area (Å²) in [6.07, 6.45) is 1.78. The molecule has 17 heavy (non-hydrogen) atoms. The number of aliphatic hydroxyl groups is 1. The van der Waals surface area contributed by atoms with Crippen molar-refractivity contribution in [1.82, 2.24) is 5.32 Å². The first-order valence-corrected chi connectivity index (χ1v) is 7.56. The highest BCUT2D eigenvalue weighted by atomic mass is 79.9. The van der Waals surface area contributed by atoms with Gasteiger partial charge in [0.05, 0.1) is 6.04 Å². The van der Waals surface area contributed by atoms with Crippen LogP contribution < -0.4 is 11.1 Å². The van der Waals surface area contributed by atoms with E-state index in [9.17, 15) is 0 Å². The molecule has 0 spiro atoms. The number of nitrogens with one attached hydrogen (secondary N) is 1. The van der Waals surface area contributed by atoms with E-state index in [4.69, 9.17) is 10.8 Å². The van der Waals surface area contributed by atoms with Gasteiger partial charge in [-0.2, -0.15) is 0 Å². The molecule has 98 valence electrons. The van der Waals surface area contributed by atoms with E-state index >= 15 is 0 Å². The van der Waals surface area contributed by atoms with Gasteiger partial charge < -0.3 is 16.2 Å². The monoisotopic (exact) mass is 320 g/mol. The van der Waals surface area contributed by atoms with Crippen molar-refractivity contribution in [2.24, 2.45) is 5.73 Å². The van der Waals surface area contributed by atoms with Gasteiger partial charge in [-0.25, -0.2) is 0 Å². The minimum atomic E-state index is 0.182. The summed E-state index contributed by atoms with van der Waals surface area (Å²) in [6.45, 7) is 5.01. The standard InChI is InChI=1S/C12H21BrN2OS/c1-3-9(4-5-16)15-11(7-14)12-6-10(13)8(2)17-12/h6,9,11,15-16H,3-5,7,14H2,1-2H3. The van der Waals surface area contributed by atoms with Gasteiger partial charge in [0.1, 0.15) is 0 Å². The van der Waals surface area contributed by atoms with Crippen LogP contribution >= 0.6 is 27.3 Å². The van der Waals surface area contributed by atoms with Crippen LogP contribution in [0.1, 0.15) is 35.6 Å². The second kappa shape index (κ2) is 7.48. The molecule has 2 atom stereocenters. The Morgan fingerprint density at radius 1 is 1.59 bits per heavy atom. The molecule has 0 aliphatic rings. The van der Waals surface area contributed by atoms with Crippen molar-refractivity contribution < 1.29 is 5.11 Å². The maximum Gasteiger partial charge on any atom is 0.0541 e. The van der Waals surface area contributed by atoms with Crippen LogP contribution in [0, 0.1) is 6.92 Å². The summed E-state index contributed by atoms with van der Waals surface area (Å²) in [7, 11) is 0. The highest BCUT2D eigenvalue weighted by Gasteiger charge is 2.17. The van der Waals surface area contributed by atoms with Gasteiger partial charge in [-0.1, -0.05) is 6.92 Å². The van der Waals surface area contributed by atoms with Crippen LogP contribution in [0.2, 0.25) is 0 Å². The fourth-order valence-electron chi connectivity index (χ4n) is 1.77. The van der Waals surface area contributed by atoms with Crippen LogP contribution in [0.4, 0.5) is 0 Å². The number of hydrogen-bond acceptors (Lipinski definition) is 4. The van der Waals surface area contributed by atoms with E-state index in [-0.39, 0.29) is 12.6 Å². The molecule has 2 unspecified atom stereocenters. The number of nitrogens with two attached hydrogens (primary N) is 1. The zero-order valence-corrected chi connectivity index (χ0v) is 12.8. The van der Waals surface area contributed by atoms with Crippen molar-refractivity contribution in [3.63, 3.8) is 0 Å². The molecule has 0 saturated heterocycles. The maximum absolute atomic E-state index is 9.00. The molecule has 1 aromatic rings. The predicted molar refractivity (Wildman–Crippen MR) is 77.5 cm³/mol. The molecule has 1 heterocycles. The van der Waals surface area contributed by atoms with E-state index in [1.165, 1.54) is 9.75 Å². The van der Waals surface area contributed by atoms with Crippen LogP contribution in [0.3, 0.4) is 0 Å². The van der Waals surface area contributed by atoms with Gasteiger partial charge in [0.15, 0.2) is 0 Å². The van der Waals surface area contributed by atoms with Gasteiger partial charge in [0, 0.05) is 33.4 Å². The summed E-state index contributed by atoms with van der Waals surface area (Å²) in [6, 6.07) is 2.65. The third-order valence-corrected chi connectivity index (χ3v) is 5.11. The Morgan fingerprint density at radius 3 is 2.71 bits per heavy atom. The van der Waals surface area contributed by atoms with Gasteiger partial charge in [-0.05, 0) is 41.8 Å². The molecule has 1 aromatic heterocycles. The highest BCUT2D eigenvalue weighted by Crippen LogP contribution is 2.30. The van der Waals surface area contributed by atoms with E-state index in [0.29, 0.717) is 12.6 Å². The Hall–Kier alpha value is 0.0600. The molecule has 0 aliphatic carbocycles. The molecular formula is C12H21BrN2OS. The fourth-order valence-corrected chi connectivity index (χ4v) is 3.40. The molecule has 5 heteroatoms. The first-order valence-electron chi connectivity index (χ1n) is 5.95. The number of aryl methyl sites for hydroxylation is 1. The summed E-state index contributed by atoms with van der Waals surface area (Å²) in [4.78, 5) is 2.53. The van der Waals surface area contributed by atoms with Crippen molar-refractivity contribution in [2.75, 3.05) is 13.2 Å². The molecule has 0 bridgehead atoms. The SMILES string of the molecule is CCC(CCO)NC(CN)c1cc(Br)c(C)s1. The summed E-state index contributed by atoms with van der Waals surface area (Å²) < 4.78 is 1.15. The lowest BCUT2D eigenvalue weighted by Crippen LogP contribution is -2.36. The van der Waals surface area contributed by atoms with Gasteiger partial charge in [-0.15, -0.1) is 11.3 Å². The van der Waals surface area contributed by atoms with Gasteiger partial charge in [-0.3, -0.25) is 0 Å². The van der Waals surface area contributed by atoms with Crippen LogP contribution in [0.15, 0.2) is 10.5 Å². The third kappa shape index (κ3) is 4.34. The van der Waals surface area contributed by atoms with Crippen molar-refractivity contribution in [3.8, 4) is 0 Å².